The van der Waals surface area contributed by atoms with Crippen molar-refractivity contribution in [3.63, 3.8) is 0 Å². The fourth-order valence-corrected chi connectivity index (χ4v) is 3.09. The molecule has 3 aromatic carbocycles. The number of carbonyl (C=O) groups is 1. The molecule has 156 valence electrons. The van der Waals surface area contributed by atoms with Crippen molar-refractivity contribution in [3.8, 4) is 17.6 Å². The predicted octanol–water partition coefficient (Wildman–Crippen LogP) is 5.72. The van der Waals surface area contributed by atoms with Crippen molar-refractivity contribution in [3.05, 3.63) is 93.7 Å². The lowest BCUT2D eigenvalue weighted by atomic mass is 10.1. The summed E-state index contributed by atoms with van der Waals surface area (Å²) in [6.45, 7) is 0.277. The molecule has 0 atom stereocenters. The Morgan fingerprint density at radius 3 is 2.58 bits per heavy atom. The average molecular weight is 481 g/mol. The third-order valence-electron chi connectivity index (χ3n) is 4.33. The minimum Gasteiger partial charge on any atom is -0.497 e. The van der Waals surface area contributed by atoms with Gasteiger partial charge in [0, 0.05) is 27.4 Å². The van der Waals surface area contributed by atoms with Crippen LogP contribution in [-0.4, -0.2) is 13.0 Å². The number of nitrogens with zero attached hydrogens (tertiary/aromatic N) is 1. The van der Waals surface area contributed by atoms with Gasteiger partial charge in [0.1, 0.15) is 35.6 Å². The molecule has 0 saturated carbocycles. The van der Waals surface area contributed by atoms with Gasteiger partial charge in [0.25, 0.3) is 5.91 Å². The van der Waals surface area contributed by atoms with E-state index in [0.717, 1.165) is 10.0 Å². The van der Waals surface area contributed by atoms with Crippen LogP contribution in [0.25, 0.3) is 6.08 Å². The third kappa shape index (κ3) is 5.93. The van der Waals surface area contributed by atoms with Crippen LogP contribution in [0.1, 0.15) is 11.1 Å². The number of hydrogen-bond donors (Lipinski definition) is 1. The van der Waals surface area contributed by atoms with E-state index in [1.807, 2.05) is 30.3 Å². The number of methoxy groups -OCH3 is 1. The van der Waals surface area contributed by atoms with Crippen molar-refractivity contribution in [2.75, 3.05) is 12.4 Å². The molecule has 0 spiro atoms. The maximum absolute atomic E-state index is 13.1. The normalized spacial score (nSPS) is 10.8. The molecule has 0 aliphatic heterocycles. The van der Waals surface area contributed by atoms with Crippen molar-refractivity contribution >= 4 is 33.6 Å². The van der Waals surface area contributed by atoms with E-state index >= 15 is 0 Å². The molecule has 0 radical (unpaired) electrons. The molecule has 0 heterocycles. The highest BCUT2D eigenvalue weighted by Crippen LogP contribution is 2.29. The number of anilines is 1. The van der Waals surface area contributed by atoms with Crippen molar-refractivity contribution < 1.29 is 18.7 Å². The second-order valence-electron chi connectivity index (χ2n) is 6.41. The van der Waals surface area contributed by atoms with Crippen molar-refractivity contribution in [2.24, 2.45) is 0 Å². The van der Waals surface area contributed by atoms with Crippen LogP contribution in [0.3, 0.4) is 0 Å². The van der Waals surface area contributed by atoms with E-state index in [4.69, 9.17) is 9.47 Å². The number of nitriles is 1. The number of amides is 1. The number of hydrogen-bond acceptors (Lipinski definition) is 4. The Balaban J connectivity index is 1.86. The number of halogens is 2. The largest absolute Gasteiger partial charge is 0.497 e. The van der Waals surface area contributed by atoms with Gasteiger partial charge in [-0.25, -0.2) is 4.39 Å². The monoisotopic (exact) mass is 480 g/mol. The first-order valence-electron chi connectivity index (χ1n) is 9.23. The highest BCUT2D eigenvalue weighted by molar-refractivity contribution is 9.10. The first kappa shape index (κ1) is 22.1. The maximum Gasteiger partial charge on any atom is 0.266 e. The zero-order valence-corrected chi connectivity index (χ0v) is 18.1. The lowest BCUT2D eigenvalue weighted by molar-refractivity contribution is -0.112. The van der Waals surface area contributed by atoms with E-state index in [2.05, 4.69) is 21.2 Å². The van der Waals surface area contributed by atoms with Crippen LogP contribution < -0.4 is 14.8 Å². The molecule has 3 rings (SSSR count). The Morgan fingerprint density at radius 2 is 1.90 bits per heavy atom. The summed E-state index contributed by atoms with van der Waals surface area (Å²) in [5, 5.41) is 12.1. The van der Waals surface area contributed by atoms with Crippen molar-refractivity contribution in [1.29, 1.82) is 5.26 Å². The van der Waals surface area contributed by atoms with Crippen LogP contribution in [0, 0.1) is 17.1 Å². The molecule has 0 aliphatic carbocycles. The number of carbonyl (C=O) groups excluding carboxylic acids is 1. The molecular formula is C24H18BrFN2O3. The molecule has 0 unspecified atom stereocenters. The Bertz CT molecular complexity index is 1150. The highest BCUT2D eigenvalue weighted by Gasteiger charge is 2.13. The van der Waals surface area contributed by atoms with Crippen LogP contribution >= 0.6 is 15.9 Å². The van der Waals surface area contributed by atoms with E-state index in [9.17, 15) is 14.4 Å². The van der Waals surface area contributed by atoms with Gasteiger partial charge in [-0.1, -0.05) is 34.1 Å². The third-order valence-corrected chi connectivity index (χ3v) is 5.10. The van der Waals surface area contributed by atoms with Gasteiger partial charge in [-0.05, 0) is 48.5 Å². The minimum atomic E-state index is -0.610. The predicted molar refractivity (Wildman–Crippen MR) is 120 cm³/mol. The van der Waals surface area contributed by atoms with Crippen LogP contribution in [0.2, 0.25) is 0 Å². The molecule has 1 N–H and O–H groups in total. The Kier molecular flexibility index (Phi) is 7.41. The summed E-state index contributed by atoms with van der Waals surface area (Å²) < 4.78 is 25.2. The summed E-state index contributed by atoms with van der Waals surface area (Å²) in [6, 6.07) is 20.0. The number of ether oxygens (including phenoxy) is 2. The molecule has 5 nitrogen and oxygen atoms in total. The van der Waals surface area contributed by atoms with E-state index in [1.165, 1.54) is 30.3 Å². The zero-order chi connectivity index (χ0) is 22.2. The van der Waals surface area contributed by atoms with E-state index in [0.29, 0.717) is 22.7 Å². The molecule has 1 amide bonds. The summed E-state index contributed by atoms with van der Waals surface area (Å²) in [4.78, 5) is 12.5. The van der Waals surface area contributed by atoms with E-state index in [-0.39, 0.29) is 12.2 Å². The molecule has 0 aliphatic rings. The fourth-order valence-electron chi connectivity index (χ4n) is 2.69. The van der Waals surface area contributed by atoms with Crippen LogP contribution in [-0.2, 0) is 11.4 Å². The van der Waals surface area contributed by atoms with Gasteiger partial charge < -0.3 is 14.8 Å². The average Bonchev–Trinajstić information content (AvgIpc) is 2.78. The molecule has 0 bridgehead atoms. The summed E-state index contributed by atoms with van der Waals surface area (Å²) in [7, 11) is 1.54. The van der Waals surface area contributed by atoms with E-state index in [1.54, 1.807) is 25.3 Å². The number of nitrogens with one attached hydrogen (secondary N) is 1. The lowest BCUT2D eigenvalue weighted by Crippen LogP contribution is -2.13. The first-order chi connectivity index (χ1) is 15.0. The topological polar surface area (TPSA) is 71.3 Å². The summed E-state index contributed by atoms with van der Waals surface area (Å²) >= 11 is 3.49. The summed E-state index contributed by atoms with van der Waals surface area (Å²) in [5.74, 6) is 0.00629. The van der Waals surface area contributed by atoms with E-state index < -0.39 is 11.7 Å². The maximum atomic E-state index is 13.1. The fraction of sp³-hybridized carbons (Fsp3) is 0.0833. The minimum absolute atomic E-state index is 0.125. The summed E-state index contributed by atoms with van der Waals surface area (Å²) in [5.41, 5.74) is 1.74. The number of benzene rings is 3. The van der Waals surface area contributed by atoms with Gasteiger partial charge >= 0.3 is 0 Å². The molecule has 3 aromatic rings. The molecule has 0 aromatic heterocycles. The molecular weight excluding hydrogens is 463 g/mol. The Labute approximate surface area is 187 Å². The van der Waals surface area contributed by atoms with Gasteiger partial charge in [0.2, 0.25) is 0 Å². The van der Waals surface area contributed by atoms with Crippen LogP contribution in [0.4, 0.5) is 10.1 Å². The highest BCUT2D eigenvalue weighted by atomic mass is 79.9. The molecule has 7 heteroatoms. The van der Waals surface area contributed by atoms with Crippen molar-refractivity contribution in [1.82, 2.24) is 0 Å². The Hall–Kier alpha value is -3.63. The Morgan fingerprint density at radius 1 is 1.16 bits per heavy atom. The molecule has 31 heavy (non-hydrogen) atoms. The lowest BCUT2D eigenvalue weighted by Gasteiger charge is -2.12. The van der Waals surface area contributed by atoms with Gasteiger partial charge in [0.05, 0.1) is 7.11 Å². The van der Waals surface area contributed by atoms with Crippen molar-refractivity contribution in [2.45, 2.75) is 6.61 Å². The number of rotatable bonds is 7. The second kappa shape index (κ2) is 10.4. The SMILES string of the molecule is COc1ccc(/C=C(\C#N)C(=O)Nc2ccc(F)cc2)c(OCc2ccccc2Br)c1. The summed E-state index contributed by atoms with van der Waals surface area (Å²) in [6.07, 6.45) is 1.44. The smallest absolute Gasteiger partial charge is 0.266 e. The van der Waals surface area contributed by atoms with Gasteiger partial charge in [0.15, 0.2) is 0 Å². The zero-order valence-electron chi connectivity index (χ0n) is 16.6. The first-order valence-corrected chi connectivity index (χ1v) is 10.0. The molecule has 0 fully saturated rings. The van der Waals surface area contributed by atoms with Crippen LogP contribution in [0.15, 0.2) is 76.8 Å². The van der Waals surface area contributed by atoms with Crippen LogP contribution in [0.5, 0.6) is 11.5 Å². The molecule has 0 saturated heterocycles. The van der Waals surface area contributed by atoms with Gasteiger partial charge in [-0.15, -0.1) is 0 Å². The quantitative estimate of drug-likeness (QED) is 0.346. The second-order valence-corrected chi connectivity index (χ2v) is 7.27. The van der Waals surface area contributed by atoms with Gasteiger partial charge in [-0.3, -0.25) is 4.79 Å². The standard InChI is InChI=1S/C24H18BrFN2O3/c1-30-21-11-6-16(23(13-21)31-15-17-4-2-3-5-22(17)25)12-18(14-27)24(29)28-20-9-7-19(26)8-10-20/h2-13H,15H2,1H3,(H,28,29)/b18-12+. The van der Waals surface area contributed by atoms with Gasteiger partial charge in [-0.2, -0.15) is 5.26 Å².